The van der Waals surface area contributed by atoms with Gasteiger partial charge in [-0.15, -0.1) is 0 Å². The van der Waals surface area contributed by atoms with Crippen LogP contribution in [0.15, 0.2) is 18.2 Å². The number of methoxy groups -OCH3 is 2. The van der Waals surface area contributed by atoms with Gasteiger partial charge in [-0.2, -0.15) is 0 Å². The number of Topliss-reactive ketones (excluding diaryl/α,β-unsaturated/α-hetero) is 1. The first kappa shape index (κ1) is 19.8. The molecule has 1 heterocycles. The van der Waals surface area contributed by atoms with Gasteiger partial charge in [0.05, 0.1) is 14.2 Å². The van der Waals surface area contributed by atoms with Crippen LogP contribution in [0.5, 0.6) is 11.5 Å². The first-order chi connectivity index (χ1) is 12.5. The maximum atomic E-state index is 12.8. The number of hydrogen-bond donors (Lipinski definition) is 0. The summed E-state index contributed by atoms with van der Waals surface area (Å²) in [6.45, 7) is 3.63. The number of ether oxygens (including phenoxy) is 2. The molecular formula is C19H26N2O5. The van der Waals surface area contributed by atoms with Gasteiger partial charge in [-0.3, -0.25) is 9.59 Å². The molecule has 0 N–H and O–H groups in total. The highest BCUT2D eigenvalue weighted by Crippen LogP contribution is 2.28. The van der Waals surface area contributed by atoms with Crippen molar-refractivity contribution in [2.24, 2.45) is 0 Å². The van der Waals surface area contributed by atoms with Gasteiger partial charge in [-0.25, -0.2) is 0 Å². The first-order valence-electron chi connectivity index (χ1n) is 8.74. The van der Waals surface area contributed by atoms with Gasteiger partial charge in [0.25, 0.3) is 5.91 Å². The van der Waals surface area contributed by atoms with Gasteiger partial charge in [-0.1, -0.05) is 0 Å². The second kappa shape index (κ2) is 9.22. The van der Waals surface area contributed by atoms with E-state index in [0.29, 0.717) is 49.7 Å². The molecule has 7 heteroatoms. The maximum absolute atomic E-state index is 12.8. The zero-order chi connectivity index (χ0) is 19.1. The Hall–Kier alpha value is -2.57. The largest absolute Gasteiger partial charge is 0.493 e. The van der Waals surface area contributed by atoms with Crippen LogP contribution in [-0.2, 0) is 9.59 Å². The Labute approximate surface area is 153 Å². The Morgan fingerprint density at radius 1 is 0.923 bits per heavy atom. The van der Waals surface area contributed by atoms with Gasteiger partial charge in [0.1, 0.15) is 5.78 Å². The average molecular weight is 362 g/mol. The van der Waals surface area contributed by atoms with Crippen LogP contribution in [0.3, 0.4) is 0 Å². The molecule has 142 valence electrons. The molecule has 2 rings (SSSR count). The molecule has 1 aromatic rings. The van der Waals surface area contributed by atoms with E-state index in [9.17, 15) is 14.4 Å². The van der Waals surface area contributed by atoms with E-state index in [0.717, 1.165) is 0 Å². The van der Waals surface area contributed by atoms with Crippen LogP contribution < -0.4 is 9.47 Å². The predicted molar refractivity (Wildman–Crippen MR) is 96.6 cm³/mol. The maximum Gasteiger partial charge on any atom is 0.254 e. The molecule has 1 aliphatic heterocycles. The monoisotopic (exact) mass is 362 g/mol. The summed E-state index contributed by atoms with van der Waals surface area (Å²) in [5.41, 5.74) is 0.527. The number of rotatable bonds is 6. The molecule has 26 heavy (non-hydrogen) atoms. The molecule has 0 radical (unpaired) electrons. The van der Waals surface area contributed by atoms with Crippen molar-refractivity contribution in [2.45, 2.75) is 26.2 Å². The topological polar surface area (TPSA) is 76.2 Å². The third-order valence-corrected chi connectivity index (χ3v) is 4.46. The fourth-order valence-corrected chi connectivity index (χ4v) is 2.96. The molecule has 1 fully saturated rings. The zero-order valence-corrected chi connectivity index (χ0v) is 15.6. The van der Waals surface area contributed by atoms with Crippen LogP contribution in [-0.4, -0.2) is 67.8 Å². The normalized spacial score (nSPS) is 14.6. The molecule has 0 bridgehead atoms. The van der Waals surface area contributed by atoms with E-state index in [1.807, 2.05) is 0 Å². The summed E-state index contributed by atoms with van der Waals surface area (Å²) in [5, 5.41) is 0. The Bertz CT molecular complexity index is 674. The second-order valence-corrected chi connectivity index (χ2v) is 6.30. The number of amides is 2. The van der Waals surface area contributed by atoms with Gasteiger partial charge >= 0.3 is 0 Å². The summed E-state index contributed by atoms with van der Waals surface area (Å²) in [6.07, 6.45) is 1.22. The van der Waals surface area contributed by atoms with Crippen LogP contribution in [0.2, 0.25) is 0 Å². The van der Waals surface area contributed by atoms with Crippen LogP contribution in [0.25, 0.3) is 0 Å². The summed E-state index contributed by atoms with van der Waals surface area (Å²) in [4.78, 5) is 39.5. The highest BCUT2D eigenvalue weighted by atomic mass is 16.5. The molecule has 0 saturated carbocycles. The minimum Gasteiger partial charge on any atom is -0.493 e. The molecule has 1 aromatic carbocycles. The number of carbonyl (C=O) groups is 3. The van der Waals surface area contributed by atoms with E-state index in [4.69, 9.17) is 9.47 Å². The highest BCUT2D eigenvalue weighted by molar-refractivity contribution is 5.95. The lowest BCUT2D eigenvalue weighted by Gasteiger charge is -2.22. The molecular weight excluding hydrogens is 336 g/mol. The molecule has 0 spiro atoms. The molecule has 0 aliphatic carbocycles. The number of benzene rings is 1. The number of ketones is 1. The van der Waals surface area contributed by atoms with Crippen molar-refractivity contribution in [3.05, 3.63) is 23.8 Å². The quantitative estimate of drug-likeness (QED) is 0.771. The van der Waals surface area contributed by atoms with Crippen LogP contribution in [0.4, 0.5) is 0 Å². The summed E-state index contributed by atoms with van der Waals surface area (Å²) < 4.78 is 10.5. The third-order valence-electron chi connectivity index (χ3n) is 4.46. The Morgan fingerprint density at radius 2 is 1.58 bits per heavy atom. The minimum atomic E-state index is -0.0935. The third kappa shape index (κ3) is 4.97. The highest BCUT2D eigenvalue weighted by Gasteiger charge is 2.23. The van der Waals surface area contributed by atoms with Crippen molar-refractivity contribution in [1.82, 2.24) is 9.80 Å². The molecule has 0 unspecified atom stereocenters. The van der Waals surface area contributed by atoms with Gasteiger partial charge in [0, 0.05) is 44.6 Å². The number of nitrogens with zero attached hydrogens (tertiary/aromatic N) is 2. The van der Waals surface area contributed by atoms with E-state index in [1.54, 1.807) is 35.1 Å². The van der Waals surface area contributed by atoms with Gasteiger partial charge in [0.15, 0.2) is 11.5 Å². The number of carbonyl (C=O) groups excluding carboxylic acids is 3. The summed E-state index contributed by atoms with van der Waals surface area (Å²) in [5.74, 6) is 0.972. The Kier molecular flexibility index (Phi) is 7.00. The van der Waals surface area contributed by atoms with Crippen LogP contribution >= 0.6 is 0 Å². The summed E-state index contributed by atoms with van der Waals surface area (Å²) in [6, 6.07) is 5.09. The smallest absolute Gasteiger partial charge is 0.254 e. The second-order valence-electron chi connectivity index (χ2n) is 6.30. The number of hydrogen-bond acceptors (Lipinski definition) is 5. The lowest BCUT2D eigenvalue weighted by molar-refractivity contribution is -0.132. The van der Waals surface area contributed by atoms with Gasteiger partial charge in [0.2, 0.25) is 5.91 Å². The lowest BCUT2D eigenvalue weighted by atomic mass is 10.1. The van der Waals surface area contributed by atoms with Gasteiger partial charge < -0.3 is 24.1 Å². The standard InChI is InChI=1S/C19H26N2O5/c1-14(22)5-8-18(23)20-9-4-10-21(12-11-20)19(24)15-6-7-16(25-2)17(13-15)26-3/h6-7,13H,4-5,8-12H2,1-3H3. The molecule has 0 atom stereocenters. The fourth-order valence-electron chi connectivity index (χ4n) is 2.96. The van der Waals surface area contributed by atoms with Crippen molar-refractivity contribution in [3.8, 4) is 11.5 Å². The van der Waals surface area contributed by atoms with Crippen LogP contribution in [0, 0.1) is 0 Å². The van der Waals surface area contributed by atoms with Crippen molar-refractivity contribution >= 4 is 17.6 Å². The summed E-state index contributed by atoms with van der Waals surface area (Å²) in [7, 11) is 3.08. The molecule has 2 amide bonds. The minimum absolute atomic E-state index is 0.0124. The first-order valence-corrected chi connectivity index (χ1v) is 8.74. The SMILES string of the molecule is COc1ccc(C(=O)N2CCCN(C(=O)CCC(C)=O)CC2)cc1OC. The van der Waals surface area contributed by atoms with Crippen molar-refractivity contribution < 1.29 is 23.9 Å². The van der Waals surface area contributed by atoms with Gasteiger partial charge in [-0.05, 0) is 31.5 Å². The van der Waals surface area contributed by atoms with E-state index < -0.39 is 0 Å². The molecule has 1 aliphatic rings. The van der Waals surface area contributed by atoms with E-state index >= 15 is 0 Å². The molecule has 1 saturated heterocycles. The fraction of sp³-hybridized carbons (Fsp3) is 0.526. The zero-order valence-electron chi connectivity index (χ0n) is 15.6. The van der Waals surface area contributed by atoms with Crippen molar-refractivity contribution in [3.63, 3.8) is 0 Å². The molecule has 0 aromatic heterocycles. The Balaban J connectivity index is 2.01. The van der Waals surface area contributed by atoms with Crippen molar-refractivity contribution in [1.29, 1.82) is 0 Å². The van der Waals surface area contributed by atoms with Crippen molar-refractivity contribution in [2.75, 3.05) is 40.4 Å². The van der Waals surface area contributed by atoms with E-state index in [1.165, 1.54) is 14.0 Å². The Morgan fingerprint density at radius 3 is 2.23 bits per heavy atom. The molecule has 7 nitrogen and oxygen atoms in total. The lowest BCUT2D eigenvalue weighted by Crippen LogP contribution is -2.37. The van der Waals surface area contributed by atoms with E-state index in [2.05, 4.69) is 0 Å². The van der Waals surface area contributed by atoms with E-state index in [-0.39, 0.29) is 30.4 Å². The average Bonchev–Trinajstić information content (AvgIpc) is 2.91. The predicted octanol–water partition coefficient (Wildman–Crippen LogP) is 1.75. The summed E-state index contributed by atoms with van der Waals surface area (Å²) >= 11 is 0. The van der Waals surface area contributed by atoms with Crippen LogP contribution in [0.1, 0.15) is 36.5 Å².